The first-order valence-electron chi connectivity index (χ1n) is 7.22. The zero-order valence-electron chi connectivity index (χ0n) is 12.9. The lowest BCUT2D eigenvalue weighted by atomic mass is 10.1. The van der Waals surface area contributed by atoms with E-state index in [4.69, 9.17) is 11.6 Å². The molecule has 2 rings (SSSR count). The van der Waals surface area contributed by atoms with Crippen LogP contribution in [0, 0.1) is 6.92 Å². The third kappa shape index (κ3) is 4.73. The van der Waals surface area contributed by atoms with Crippen LogP contribution < -0.4 is 5.32 Å². The monoisotopic (exact) mass is 303 g/mol. The first-order valence-corrected chi connectivity index (χ1v) is 7.59. The van der Waals surface area contributed by atoms with Crippen LogP contribution in [-0.4, -0.2) is 23.5 Å². The second kappa shape index (κ2) is 7.43. The Morgan fingerprint density at radius 2 is 2.00 bits per heavy atom. The van der Waals surface area contributed by atoms with Gasteiger partial charge in [0.1, 0.15) is 5.82 Å². The van der Waals surface area contributed by atoms with E-state index in [0.29, 0.717) is 5.02 Å². The van der Waals surface area contributed by atoms with Crippen molar-refractivity contribution in [2.24, 2.45) is 0 Å². The Labute approximate surface area is 132 Å². The van der Waals surface area contributed by atoms with Crippen molar-refractivity contribution in [1.82, 2.24) is 9.88 Å². The molecule has 0 aliphatic rings. The minimum Gasteiger partial charge on any atom is -0.370 e. The number of pyridine rings is 1. The molecule has 0 unspecified atom stereocenters. The maximum atomic E-state index is 6.25. The summed E-state index contributed by atoms with van der Waals surface area (Å²) in [4.78, 5) is 6.80. The van der Waals surface area contributed by atoms with E-state index in [-0.39, 0.29) is 0 Å². The van der Waals surface area contributed by atoms with Gasteiger partial charge in [-0.05, 0) is 38.6 Å². The summed E-state index contributed by atoms with van der Waals surface area (Å²) < 4.78 is 0. The van der Waals surface area contributed by atoms with Crippen LogP contribution in [0.2, 0.25) is 5.02 Å². The first kappa shape index (κ1) is 15.8. The molecule has 0 spiro atoms. The molecule has 0 saturated heterocycles. The highest BCUT2D eigenvalue weighted by Crippen LogP contribution is 2.19. The summed E-state index contributed by atoms with van der Waals surface area (Å²) >= 11 is 6.25. The highest BCUT2D eigenvalue weighted by molar-refractivity contribution is 6.31. The molecule has 0 radical (unpaired) electrons. The molecule has 0 atom stereocenters. The fraction of sp³-hybridized carbons (Fsp3) is 0.353. The van der Waals surface area contributed by atoms with Crippen molar-refractivity contribution >= 4 is 17.4 Å². The minimum absolute atomic E-state index is 0.716. The Balaban J connectivity index is 2.05. The van der Waals surface area contributed by atoms with E-state index in [1.54, 1.807) is 0 Å². The third-order valence-corrected chi connectivity index (χ3v) is 3.58. The van der Waals surface area contributed by atoms with E-state index >= 15 is 0 Å². The van der Waals surface area contributed by atoms with Crippen molar-refractivity contribution in [3.05, 3.63) is 58.2 Å². The number of aryl methyl sites for hydroxylation is 1. The standard InChI is InChI=1S/C17H22ClN3/c1-4-19-17-9-8-15(18)16(20-17)12-21(3)11-14-7-5-6-13(2)10-14/h5-10H,4,11-12H2,1-3H3,(H,19,20). The third-order valence-electron chi connectivity index (χ3n) is 3.23. The summed E-state index contributed by atoms with van der Waals surface area (Å²) in [6.45, 7) is 6.63. The molecule has 0 aliphatic heterocycles. The summed E-state index contributed by atoms with van der Waals surface area (Å²) in [6, 6.07) is 12.4. The van der Waals surface area contributed by atoms with Gasteiger partial charge in [-0.2, -0.15) is 0 Å². The molecule has 4 heteroatoms. The molecule has 0 fully saturated rings. The van der Waals surface area contributed by atoms with Gasteiger partial charge in [-0.25, -0.2) is 4.98 Å². The fourth-order valence-corrected chi connectivity index (χ4v) is 2.47. The van der Waals surface area contributed by atoms with Crippen molar-refractivity contribution in [2.75, 3.05) is 18.9 Å². The lowest BCUT2D eigenvalue weighted by molar-refractivity contribution is 0.315. The second-order valence-electron chi connectivity index (χ2n) is 5.32. The lowest BCUT2D eigenvalue weighted by Gasteiger charge is -2.18. The van der Waals surface area contributed by atoms with Gasteiger partial charge < -0.3 is 5.32 Å². The van der Waals surface area contributed by atoms with Gasteiger partial charge in [0, 0.05) is 19.6 Å². The predicted molar refractivity (Wildman–Crippen MR) is 89.8 cm³/mol. The van der Waals surface area contributed by atoms with Gasteiger partial charge in [0.2, 0.25) is 0 Å². The smallest absolute Gasteiger partial charge is 0.126 e. The zero-order chi connectivity index (χ0) is 15.2. The van der Waals surface area contributed by atoms with E-state index in [2.05, 4.69) is 60.4 Å². The Bertz CT molecular complexity index is 598. The molecular formula is C17H22ClN3. The van der Waals surface area contributed by atoms with Crippen LogP contribution in [0.5, 0.6) is 0 Å². The number of halogens is 1. The summed E-state index contributed by atoms with van der Waals surface area (Å²) in [5.74, 6) is 0.876. The lowest BCUT2D eigenvalue weighted by Crippen LogP contribution is -2.18. The van der Waals surface area contributed by atoms with E-state index < -0.39 is 0 Å². The Morgan fingerprint density at radius 3 is 2.71 bits per heavy atom. The number of rotatable bonds is 6. The number of aromatic nitrogens is 1. The maximum absolute atomic E-state index is 6.25. The fourth-order valence-electron chi connectivity index (χ4n) is 2.31. The molecule has 0 bridgehead atoms. The number of nitrogens with one attached hydrogen (secondary N) is 1. The number of hydrogen-bond acceptors (Lipinski definition) is 3. The SMILES string of the molecule is CCNc1ccc(Cl)c(CN(C)Cc2cccc(C)c2)n1. The first-order chi connectivity index (χ1) is 10.1. The van der Waals surface area contributed by atoms with Crippen molar-refractivity contribution in [2.45, 2.75) is 26.9 Å². The largest absolute Gasteiger partial charge is 0.370 e. The van der Waals surface area contributed by atoms with Crippen LogP contribution in [0.25, 0.3) is 0 Å². The van der Waals surface area contributed by atoms with Gasteiger partial charge in [0.05, 0.1) is 10.7 Å². The van der Waals surface area contributed by atoms with Gasteiger partial charge in [0.15, 0.2) is 0 Å². The van der Waals surface area contributed by atoms with Gasteiger partial charge in [-0.1, -0.05) is 41.4 Å². The normalized spacial score (nSPS) is 10.9. The van der Waals surface area contributed by atoms with E-state index in [1.807, 2.05) is 12.1 Å². The van der Waals surface area contributed by atoms with Crippen molar-refractivity contribution in [1.29, 1.82) is 0 Å². The van der Waals surface area contributed by atoms with E-state index in [1.165, 1.54) is 11.1 Å². The topological polar surface area (TPSA) is 28.2 Å². The van der Waals surface area contributed by atoms with E-state index in [0.717, 1.165) is 31.1 Å². The van der Waals surface area contributed by atoms with Crippen LogP contribution in [0.15, 0.2) is 36.4 Å². The molecule has 21 heavy (non-hydrogen) atoms. The summed E-state index contributed by atoms with van der Waals surface area (Å²) in [5.41, 5.74) is 3.49. The van der Waals surface area contributed by atoms with Gasteiger partial charge in [-0.15, -0.1) is 0 Å². The molecule has 0 aliphatic carbocycles. The summed E-state index contributed by atoms with van der Waals surface area (Å²) in [6.07, 6.45) is 0. The molecular weight excluding hydrogens is 282 g/mol. The highest BCUT2D eigenvalue weighted by atomic mass is 35.5. The Morgan fingerprint density at radius 1 is 1.19 bits per heavy atom. The van der Waals surface area contributed by atoms with Crippen molar-refractivity contribution < 1.29 is 0 Å². The number of benzene rings is 1. The quantitative estimate of drug-likeness (QED) is 0.870. The molecule has 112 valence electrons. The Hall–Kier alpha value is -1.58. The number of nitrogens with zero attached hydrogens (tertiary/aromatic N) is 2. The maximum Gasteiger partial charge on any atom is 0.126 e. The molecule has 1 aromatic heterocycles. The van der Waals surface area contributed by atoms with E-state index in [9.17, 15) is 0 Å². The predicted octanol–water partition coefficient (Wildman–Crippen LogP) is 4.11. The number of hydrogen-bond donors (Lipinski definition) is 1. The van der Waals surface area contributed by atoms with Gasteiger partial charge in [0.25, 0.3) is 0 Å². The van der Waals surface area contributed by atoms with Crippen LogP contribution in [0.1, 0.15) is 23.7 Å². The van der Waals surface area contributed by atoms with Crippen molar-refractivity contribution in [3.8, 4) is 0 Å². The molecule has 0 amide bonds. The van der Waals surface area contributed by atoms with Crippen LogP contribution in [0.3, 0.4) is 0 Å². The average molecular weight is 304 g/mol. The average Bonchev–Trinajstić information content (AvgIpc) is 2.43. The second-order valence-corrected chi connectivity index (χ2v) is 5.72. The Kier molecular flexibility index (Phi) is 5.59. The van der Waals surface area contributed by atoms with Gasteiger partial charge in [-0.3, -0.25) is 4.90 Å². The molecule has 1 N–H and O–H groups in total. The van der Waals surface area contributed by atoms with Crippen LogP contribution in [0.4, 0.5) is 5.82 Å². The van der Waals surface area contributed by atoms with Crippen LogP contribution in [-0.2, 0) is 13.1 Å². The number of anilines is 1. The minimum atomic E-state index is 0.716. The summed E-state index contributed by atoms with van der Waals surface area (Å²) in [5, 5.41) is 3.93. The molecule has 1 aromatic carbocycles. The van der Waals surface area contributed by atoms with Crippen LogP contribution >= 0.6 is 11.6 Å². The molecule has 2 aromatic rings. The summed E-state index contributed by atoms with van der Waals surface area (Å²) in [7, 11) is 2.08. The highest BCUT2D eigenvalue weighted by Gasteiger charge is 2.08. The van der Waals surface area contributed by atoms with Gasteiger partial charge >= 0.3 is 0 Å². The molecule has 3 nitrogen and oxygen atoms in total. The molecule has 1 heterocycles. The zero-order valence-corrected chi connectivity index (χ0v) is 13.6. The van der Waals surface area contributed by atoms with Crippen molar-refractivity contribution in [3.63, 3.8) is 0 Å². The molecule has 0 saturated carbocycles.